The van der Waals surface area contributed by atoms with Crippen molar-refractivity contribution in [3.63, 3.8) is 0 Å². The van der Waals surface area contributed by atoms with E-state index in [0.717, 1.165) is 32.1 Å². The van der Waals surface area contributed by atoms with E-state index < -0.39 is 16.4 Å². The molecule has 2 aliphatic heterocycles. The molecule has 0 bridgehead atoms. The molecule has 0 aromatic carbocycles. The van der Waals surface area contributed by atoms with Gasteiger partial charge < -0.3 is 0 Å². The summed E-state index contributed by atoms with van der Waals surface area (Å²) in [7, 11) is -3.51. The van der Waals surface area contributed by atoms with Crippen molar-refractivity contribution >= 4 is 16.3 Å². The van der Waals surface area contributed by atoms with Gasteiger partial charge in [-0.3, -0.25) is 0 Å². The number of hydrogen-bond donors (Lipinski definition) is 0. The summed E-state index contributed by atoms with van der Waals surface area (Å²) in [6.45, 7) is 2.96. The average Bonchev–Trinajstić information content (AvgIpc) is 2.40. The average molecular weight is 287 g/mol. The second-order valence-electron chi connectivity index (χ2n) is 5.27. The first-order valence-corrected chi connectivity index (χ1v) is 8.32. The van der Waals surface area contributed by atoms with Crippen LogP contribution in [0.3, 0.4) is 0 Å². The fraction of sp³-hybridized carbons (Fsp3) is 0.917. The Morgan fingerprint density at radius 3 is 2.32 bits per heavy atom. The highest BCUT2D eigenvalue weighted by atomic mass is 32.2. The Morgan fingerprint density at radius 1 is 1.05 bits per heavy atom. The molecule has 0 N–H and O–H groups in total. The summed E-state index contributed by atoms with van der Waals surface area (Å²) in [6.07, 6.45) is 6.15. The van der Waals surface area contributed by atoms with Gasteiger partial charge >= 0.3 is 0 Å². The molecule has 0 amide bonds. The van der Waals surface area contributed by atoms with E-state index in [1.54, 1.807) is 4.31 Å². The third-order valence-corrected chi connectivity index (χ3v) is 6.11. The lowest BCUT2D eigenvalue weighted by atomic mass is 10.1. The monoisotopic (exact) mass is 287 g/mol. The summed E-state index contributed by atoms with van der Waals surface area (Å²) < 4.78 is 28.3. The van der Waals surface area contributed by atoms with Gasteiger partial charge in [0.05, 0.1) is 0 Å². The van der Waals surface area contributed by atoms with Gasteiger partial charge in [-0.1, -0.05) is 6.42 Å². The summed E-state index contributed by atoms with van der Waals surface area (Å²) in [4.78, 5) is 14.1. The van der Waals surface area contributed by atoms with Crippen molar-refractivity contribution in [3.8, 4) is 0 Å². The van der Waals surface area contributed by atoms with Crippen LogP contribution in [0.5, 0.6) is 0 Å². The van der Waals surface area contributed by atoms with Gasteiger partial charge in [0.1, 0.15) is 6.17 Å². The highest BCUT2D eigenvalue weighted by molar-refractivity contribution is 7.86. The van der Waals surface area contributed by atoms with Crippen LogP contribution in [0.1, 0.15) is 45.4 Å². The van der Waals surface area contributed by atoms with E-state index in [1.165, 1.54) is 10.4 Å². The minimum Gasteiger partial charge on any atom is -0.211 e. The topological polar surface area (TPSA) is 70.1 Å². The molecule has 0 aromatic rings. The van der Waals surface area contributed by atoms with Crippen LogP contribution in [0.4, 0.5) is 0 Å². The number of nitrogens with zero attached hydrogens (tertiary/aromatic N) is 3. The summed E-state index contributed by atoms with van der Waals surface area (Å²) in [6, 6.07) is 0.0292. The number of rotatable bonds is 3. The third kappa shape index (κ3) is 3.05. The zero-order chi connectivity index (χ0) is 13.9. The minimum absolute atomic E-state index is 0.0292. The van der Waals surface area contributed by atoms with Crippen LogP contribution in [0, 0.1) is 0 Å². The van der Waals surface area contributed by atoms with E-state index >= 15 is 0 Å². The van der Waals surface area contributed by atoms with E-state index in [0.29, 0.717) is 19.5 Å². The highest BCUT2D eigenvalue weighted by Gasteiger charge is 2.39. The summed E-state index contributed by atoms with van der Waals surface area (Å²) >= 11 is 0. The van der Waals surface area contributed by atoms with Crippen LogP contribution < -0.4 is 0 Å². The number of carbonyl (C=O) groups excluding carboxylic acids is 1. The third-order valence-electron chi connectivity index (χ3n) is 3.96. The second kappa shape index (κ2) is 6.13. The zero-order valence-corrected chi connectivity index (χ0v) is 12.1. The van der Waals surface area contributed by atoms with E-state index in [2.05, 4.69) is 4.99 Å². The van der Waals surface area contributed by atoms with Crippen LogP contribution in [0.15, 0.2) is 4.99 Å². The van der Waals surface area contributed by atoms with Crippen molar-refractivity contribution in [2.75, 3.05) is 13.1 Å². The molecule has 0 spiro atoms. The maximum atomic E-state index is 12.7. The van der Waals surface area contributed by atoms with E-state index in [4.69, 9.17) is 0 Å². The van der Waals surface area contributed by atoms with Crippen LogP contribution in [0.2, 0.25) is 0 Å². The van der Waals surface area contributed by atoms with Crippen molar-refractivity contribution in [3.05, 3.63) is 0 Å². The molecule has 2 heterocycles. The van der Waals surface area contributed by atoms with Crippen LogP contribution >= 0.6 is 0 Å². The normalized spacial score (nSPS) is 30.8. The first-order chi connectivity index (χ1) is 9.07. The quantitative estimate of drug-likeness (QED) is 0.579. The molecule has 0 aliphatic carbocycles. The molecule has 108 valence electrons. The number of hydrogen-bond acceptors (Lipinski definition) is 4. The van der Waals surface area contributed by atoms with Gasteiger partial charge in [0, 0.05) is 19.1 Å². The maximum absolute atomic E-state index is 12.7. The molecule has 0 radical (unpaired) electrons. The molecule has 2 atom stereocenters. The fourth-order valence-electron chi connectivity index (χ4n) is 2.90. The number of piperidine rings is 2. The lowest BCUT2D eigenvalue weighted by Crippen LogP contribution is -2.53. The van der Waals surface area contributed by atoms with Crippen LogP contribution in [-0.4, -0.2) is 48.4 Å². The minimum atomic E-state index is -3.51. The standard InChI is InChI=1S/C12H21N3O3S/c1-11-6-2-4-8-14(11)19(17,18)15-9-5-3-7-12(15)13-10-16/h11-12H,2-9H2,1H3. The van der Waals surface area contributed by atoms with Gasteiger partial charge in [-0.15, -0.1) is 0 Å². The van der Waals surface area contributed by atoms with Gasteiger partial charge in [0.15, 0.2) is 0 Å². The van der Waals surface area contributed by atoms with Gasteiger partial charge in [-0.25, -0.2) is 4.79 Å². The Bertz CT molecular complexity index is 459. The molecule has 0 aromatic heterocycles. The summed E-state index contributed by atoms with van der Waals surface area (Å²) in [5, 5.41) is 0. The molecule has 2 saturated heterocycles. The fourth-order valence-corrected chi connectivity index (χ4v) is 4.91. The first-order valence-electron chi connectivity index (χ1n) is 6.93. The Kier molecular flexibility index (Phi) is 4.73. The first kappa shape index (κ1) is 14.7. The van der Waals surface area contributed by atoms with Gasteiger partial charge in [-0.05, 0) is 39.0 Å². The molecular weight excluding hydrogens is 266 g/mol. The second-order valence-corrected chi connectivity index (χ2v) is 7.10. The van der Waals surface area contributed by atoms with E-state index in [-0.39, 0.29) is 6.04 Å². The van der Waals surface area contributed by atoms with E-state index in [9.17, 15) is 13.2 Å². The molecule has 2 fully saturated rings. The SMILES string of the molecule is CC1CCCCN1S(=O)(=O)N1CCCCC1N=C=O. The van der Waals surface area contributed by atoms with Crippen molar-refractivity contribution in [1.29, 1.82) is 0 Å². The van der Waals surface area contributed by atoms with Crippen LogP contribution in [0.25, 0.3) is 0 Å². The Morgan fingerprint density at radius 2 is 1.68 bits per heavy atom. The molecular formula is C12H21N3O3S. The van der Waals surface area contributed by atoms with Gasteiger partial charge in [0.2, 0.25) is 6.08 Å². The molecule has 0 saturated carbocycles. The molecule has 2 aliphatic rings. The van der Waals surface area contributed by atoms with Gasteiger partial charge in [0.25, 0.3) is 10.2 Å². The lowest BCUT2D eigenvalue weighted by Gasteiger charge is -2.39. The molecule has 2 unspecified atom stereocenters. The Hall–Kier alpha value is -0.750. The predicted octanol–water partition coefficient (Wildman–Crippen LogP) is 1.25. The Labute approximate surface area is 114 Å². The summed E-state index contributed by atoms with van der Waals surface area (Å²) in [5.41, 5.74) is 0. The van der Waals surface area contributed by atoms with E-state index in [1.807, 2.05) is 6.92 Å². The molecule has 7 heteroatoms. The number of isocyanates is 1. The van der Waals surface area contributed by atoms with Crippen molar-refractivity contribution in [1.82, 2.24) is 8.61 Å². The van der Waals surface area contributed by atoms with Crippen molar-refractivity contribution < 1.29 is 13.2 Å². The largest absolute Gasteiger partial charge is 0.284 e. The molecule has 2 rings (SSSR count). The summed E-state index contributed by atoms with van der Waals surface area (Å²) in [5.74, 6) is 0. The highest BCUT2D eigenvalue weighted by Crippen LogP contribution is 2.27. The zero-order valence-electron chi connectivity index (χ0n) is 11.3. The van der Waals surface area contributed by atoms with Crippen LogP contribution in [-0.2, 0) is 15.0 Å². The molecule has 19 heavy (non-hydrogen) atoms. The predicted molar refractivity (Wildman–Crippen MR) is 71.4 cm³/mol. The molecule has 6 nitrogen and oxygen atoms in total. The lowest BCUT2D eigenvalue weighted by molar-refractivity contribution is 0.205. The Balaban J connectivity index is 2.23. The maximum Gasteiger partial charge on any atom is 0.284 e. The van der Waals surface area contributed by atoms with Crippen molar-refractivity contribution in [2.24, 2.45) is 4.99 Å². The smallest absolute Gasteiger partial charge is 0.211 e. The van der Waals surface area contributed by atoms with Gasteiger partial charge in [-0.2, -0.15) is 22.0 Å². The van der Waals surface area contributed by atoms with Crippen molar-refractivity contribution in [2.45, 2.75) is 57.7 Å². The number of aliphatic imine (C=N–C) groups is 1.